The van der Waals surface area contributed by atoms with Crippen LogP contribution in [0.2, 0.25) is 0 Å². The van der Waals surface area contributed by atoms with Gasteiger partial charge in [-0.15, -0.1) is 0 Å². The van der Waals surface area contributed by atoms with E-state index < -0.39 is 6.10 Å². The molecular formula is C16H22O4. The predicted octanol–water partition coefficient (Wildman–Crippen LogP) is 2.36. The summed E-state index contributed by atoms with van der Waals surface area (Å²) in [4.78, 5) is 11.6. The van der Waals surface area contributed by atoms with Crippen LogP contribution in [0.15, 0.2) is 12.1 Å². The maximum Gasteiger partial charge on any atom is 0.169 e. The minimum atomic E-state index is -0.453. The number of hydrogen-bond acceptors (Lipinski definition) is 4. The molecule has 0 aromatic heterocycles. The second-order valence-electron chi connectivity index (χ2n) is 5.32. The number of aryl methyl sites for hydroxylation is 2. The number of ether oxygens (including phenoxy) is 3. The number of Topliss-reactive ketones (excluding diaryl/α,β-unsaturated/α-hetero) is 1. The van der Waals surface area contributed by atoms with Crippen LogP contribution in [0.5, 0.6) is 5.75 Å². The second kappa shape index (κ2) is 6.37. The van der Waals surface area contributed by atoms with Crippen LogP contribution in [0.4, 0.5) is 0 Å². The Bertz CT molecular complexity index is 495. The van der Waals surface area contributed by atoms with Crippen molar-refractivity contribution in [2.45, 2.75) is 39.4 Å². The van der Waals surface area contributed by atoms with Gasteiger partial charge >= 0.3 is 0 Å². The van der Waals surface area contributed by atoms with Crippen molar-refractivity contribution in [2.24, 2.45) is 0 Å². The van der Waals surface area contributed by atoms with E-state index in [9.17, 15) is 4.79 Å². The molecule has 0 aliphatic heterocycles. The molecule has 0 N–H and O–H groups in total. The zero-order valence-corrected chi connectivity index (χ0v) is 12.6. The van der Waals surface area contributed by atoms with E-state index in [4.69, 9.17) is 14.2 Å². The summed E-state index contributed by atoms with van der Waals surface area (Å²) < 4.78 is 16.4. The maximum atomic E-state index is 11.6. The molecule has 20 heavy (non-hydrogen) atoms. The summed E-state index contributed by atoms with van der Waals surface area (Å²) >= 11 is 0. The summed E-state index contributed by atoms with van der Waals surface area (Å²) in [7, 11) is 1.61. The highest BCUT2D eigenvalue weighted by Crippen LogP contribution is 2.30. The van der Waals surface area contributed by atoms with Crippen LogP contribution >= 0.6 is 0 Å². The molecule has 1 aromatic rings. The van der Waals surface area contributed by atoms with Gasteiger partial charge in [-0.05, 0) is 43.5 Å². The van der Waals surface area contributed by atoms with Gasteiger partial charge in [0.1, 0.15) is 11.9 Å². The molecule has 4 nitrogen and oxygen atoms in total. The molecule has 0 heterocycles. The molecule has 2 rings (SSSR count). The normalized spacial score (nSPS) is 21.7. The number of carbonyl (C=O) groups is 1. The molecule has 0 spiro atoms. The lowest BCUT2D eigenvalue weighted by molar-refractivity contribution is -0.156. The number of benzene rings is 1. The van der Waals surface area contributed by atoms with Gasteiger partial charge in [0.2, 0.25) is 0 Å². The minimum Gasteiger partial charge on any atom is -0.486 e. The summed E-state index contributed by atoms with van der Waals surface area (Å²) in [6.07, 6.45) is -0.214. The third-order valence-electron chi connectivity index (χ3n) is 3.68. The smallest absolute Gasteiger partial charge is 0.169 e. The van der Waals surface area contributed by atoms with E-state index in [1.165, 1.54) is 5.56 Å². The van der Waals surface area contributed by atoms with Gasteiger partial charge in [0, 0.05) is 13.5 Å². The Morgan fingerprint density at radius 2 is 1.95 bits per heavy atom. The van der Waals surface area contributed by atoms with E-state index in [0.29, 0.717) is 19.6 Å². The van der Waals surface area contributed by atoms with Crippen LogP contribution < -0.4 is 4.74 Å². The highest BCUT2D eigenvalue weighted by atomic mass is 16.6. The standard InChI is InChI=1S/C16H22O4/c1-10-7-11(2)12(3)14(8-10)20-15-9-13(17)16(15)19-6-5-18-4/h7-8,15-16H,5-6,9H2,1-4H3. The van der Waals surface area contributed by atoms with Gasteiger partial charge in [-0.25, -0.2) is 0 Å². The van der Waals surface area contributed by atoms with Crippen molar-refractivity contribution < 1.29 is 19.0 Å². The molecule has 110 valence electrons. The van der Waals surface area contributed by atoms with Gasteiger partial charge in [0.25, 0.3) is 0 Å². The molecule has 4 heteroatoms. The van der Waals surface area contributed by atoms with E-state index in [-0.39, 0.29) is 11.9 Å². The van der Waals surface area contributed by atoms with Crippen molar-refractivity contribution in [3.8, 4) is 5.75 Å². The molecule has 1 saturated carbocycles. The second-order valence-corrected chi connectivity index (χ2v) is 5.32. The quantitative estimate of drug-likeness (QED) is 0.749. The van der Waals surface area contributed by atoms with Crippen molar-refractivity contribution in [2.75, 3.05) is 20.3 Å². The van der Waals surface area contributed by atoms with Crippen LogP contribution in [0.3, 0.4) is 0 Å². The van der Waals surface area contributed by atoms with Crippen molar-refractivity contribution in [3.05, 3.63) is 28.8 Å². The number of methoxy groups -OCH3 is 1. The van der Waals surface area contributed by atoms with Crippen LogP contribution in [0, 0.1) is 20.8 Å². The Morgan fingerprint density at radius 1 is 1.20 bits per heavy atom. The molecule has 2 atom stereocenters. The summed E-state index contributed by atoms with van der Waals surface area (Å²) in [5.41, 5.74) is 3.47. The van der Waals surface area contributed by atoms with Gasteiger partial charge in [-0.3, -0.25) is 4.79 Å². The summed E-state index contributed by atoms with van der Waals surface area (Å²) in [5.74, 6) is 0.952. The summed E-state index contributed by atoms with van der Waals surface area (Å²) in [5, 5.41) is 0. The zero-order valence-electron chi connectivity index (χ0n) is 12.6. The molecule has 0 amide bonds. The third-order valence-corrected chi connectivity index (χ3v) is 3.68. The van der Waals surface area contributed by atoms with Gasteiger partial charge in [0.05, 0.1) is 13.2 Å². The summed E-state index contributed by atoms with van der Waals surface area (Å²) in [6, 6.07) is 4.14. The fourth-order valence-electron chi connectivity index (χ4n) is 2.32. The SMILES string of the molecule is COCCOC1C(=O)CC1Oc1cc(C)cc(C)c1C. The first-order valence-corrected chi connectivity index (χ1v) is 6.90. The van der Waals surface area contributed by atoms with Crippen LogP contribution in [-0.4, -0.2) is 38.3 Å². The molecule has 1 aromatic carbocycles. The Labute approximate surface area is 120 Å². The Kier molecular flexibility index (Phi) is 4.78. The van der Waals surface area contributed by atoms with Crippen molar-refractivity contribution >= 4 is 5.78 Å². The average Bonchev–Trinajstić information content (AvgIpc) is 2.39. The number of ketones is 1. The highest BCUT2D eigenvalue weighted by Gasteiger charge is 2.42. The first-order valence-electron chi connectivity index (χ1n) is 6.90. The molecule has 1 aliphatic carbocycles. The lowest BCUT2D eigenvalue weighted by Gasteiger charge is -2.35. The molecular weight excluding hydrogens is 256 g/mol. The van der Waals surface area contributed by atoms with Gasteiger partial charge in [-0.2, -0.15) is 0 Å². The lowest BCUT2D eigenvalue weighted by Crippen LogP contribution is -2.52. The van der Waals surface area contributed by atoms with E-state index in [0.717, 1.165) is 16.9 Å². The molecule has 0 saturated heterocycles. The fourth-order valence-corrected chi connectivity index (χ4v) is 2.32. The predicted molar refractivity (Wildman–Crippen MR) is 76.3 cm³/mol. The number of rotatable bonds is 6. The van der Waals surface area contributed by atoms with E-state index in [1.54, 1.807) is 7.11 Å². The van der Waals surface area contributed by atoms with Gasteiger partial charge in [0.15, 0.2) is 11.9 Å². The Hall–Kier alpha value is -1.39. The van der Waals surface area contributed by atoms with Gasteiger partial charge < -0.3 is 14.2 Å². The molecule has 1 fully saturated rings. The largest absolute Gasteiger partial charge is 0.486 e. The number of carbonyl (C=O) groups excluding carboxylic acids is 1. The molecule has 1 aliphatic rings. The molecule has 2 unspecified atom stereocenters. The van der Waals surface area contributed by atoms with Gasteiger partial charge in [-0.1, -0.05) is 6.07 Å². The molecule has 0 bridgehead atoms. The lowest BCUT2D eigenvalue weighted by atomic mass is 9.89. The fraction of sp³-hybridized carbons (Fsp3) is 0.562. The van der Waals surface area contributed by atoms with Crippen LogP contribution in [0.1, 0.15) is 23.1 Å². The van der Waals surface area contributed by atoms with Crippen molar-refractivity contribution in [3.63, 3.8) is 0 Å². The first kappa shape index (κ1) is 15.0. The summed E-state index contributed by atoms with van der Waals surface area (Å²) in [6.45, 7) is 7.04. The van der Waals surface area contributed by atoms with Crippen LogP contribution in [0.25, 0.3) is 0 Å². The van der Waals surface area contributed by atoms with Crippen LogP contribution in [-0.2, 0) is 14.3 Å². The highest BCUT2D eigenvalue weighted by molar-refractivity contribution is 5.90. The Morgan fingerprint density at radius 3 is 2.60 bits per heavy atom. The van der Waals surface area contributed by atoms with Crippen molar-refractivity contribution in [1.82, 2.24) is 0 Å². The monoisotopic (exact) mass is 278 g/mol. The first-order chi connectivity index (χ1) is 9.52. The topological polar surface area (TPSA) is 44.8 Å². The molecule has 0 radical (unpaired) electrons. The zero-order chi connectivity index (χ0) is 14.7. The average molecular weight is 278 g/mol. The minimum absolute atomic E-state index is 0.105. The maximum absolute atomic E-state index is 11.6. The third kappa shape index (κ3) is 3.19. The van der Waals surface area contributed by atoms with E-state index in [2.05, 4.69) is 13.0 Å². The Balaban J connectivity index is 2.01. The van der Waals surface area contributed by atoms with Crippen molar-refractivity contribution in [1.29, 1.82) is 0 Å². The van der Waals surface area contributed by atoms with E-state index in [1.807, 2.05) is 19.9 Å². The number of hydrogen-bond donors (Lipinski definition) is 0. The van der Waals surface area contributed by atoms with E-state index >= 15 is 0 Å².